The van der Waals surface area contributed by atoms with Gasteiger partial charge in [0.1, 0.15) is 11.8 Å². The Bertz CT molecular complexity index is 1080. The van der Waals surface area contributed by atoms with Gasteiger partial charge in [-0.25, -0.2) is 0 Å². The molecule has 0 amide bonds. The highest BCUT2D eigenvalue weighted by molar-refractivity contribution is 5.67. The van der Waals surface area contributed by atoms with E-state index in [-0.39, 0.29) is 6.10 Å². The van der Waals surface area contributed by atoms with Gasteiger partial charge < -0.3 is 14.6 Å². The van der Waals surface area contributed by atoms with Gasteiger partial charge in [0, 0.05) is 17.2 Å². The van der Waals surface area contributed by atoms with E-state index in [1.165, 1.54) is 11.1 Å². The number of aromatic nitrogens is 2. The summed E-state index contributed by atoms with van der Waals surface area (Å²) in [6, 6.07) is 14.2. The molecular formula is C24H26N4O2. The molecular weight excluding hydrogens is 376 g/mol. The molecule has 4 rings (SSSR count). The number of nitriles is 1. The molecule has 0 fully saturated rings. The molecule has 1 aliphatic carbocycles. The second kappa shape index (κ2) is 8.68. The van der Waals surface area contributed by atoms with E-state index in [1.807, 2.05) is 19.9 Å². The molecule has 6 heteroatoms. The van der Waals surface area contributed by atoms with Gasteiger partial charge in [-0.2, -0.15) is 10.2 Å². The summed E-state index contributed by atoms with van der Waals surface area (Å²) in [6.45, 7) is 7.05. The van der Waals surface area contributed by atoms with Gasteiger partial charge in [0.15, 0.2) is 0 Å². The molecule has 0 bridgehead atoms. The molecule has 1 heterocycles. The van der Waals surface area contributed by atoms with Crippen molar-refractivity contribution in [2.45, 2.75) is 52.2 Å². The van der Waals surface area contributed by atoms with Gasteiger partial charge in [-0.1, -0.05) is 30.3 Å². The van der Waals surface area contributed by atoms with E-state index in [4.69, 9.17) is 9.26 Å². The Morgan fingerprint density at radius 2 is 2.17 bits per heavy atom. The molecule has 0 spiro atoms. The van der Waals surface area contributed by atoms with Crippen LogP contribution >= 0.6 is 0 Å². The third kappa shape index (κ3) is 3.94. The van der Waals surface area contributed by atoms with E-state index in [0.29, 0.717) is 34.6 Å². The van der Waals surface area contributed by atoms with E-state index in [2.05, 4.69) is 46.6 Å². The molecule has 0 saturated heterocycles. The maximum atomic E-state index is 9.48. The van der Waals surface area contributed by atoms with E-state index in [9.17, 15) is 5.26 Å². The average molecular weight is 402 g/mol. The molecule has 1 N–H and O–H groups in total. The van der Waals surface area contributed by atoms with Crippen LogP contribution in [-0.2, 0) is 6.42 Å². The van der Waals surface area contributed by atoms with Crippen LogP contribution in [0.3, 0.4) is 0 Å². The van der Waals surface area contributed by atoms with Crippen molar-refractivity contribution in [1.29, 1.82) is 5.26 Å². The fraction of sp³-hybridized carbons (Fsp3) is 0.375. The van der Waals surface area contributed by atoms with E-state index < -0.39 is 0 Å². The molecule has 0 aliphatic heterocycles. The van der Waals surface area contributed by atoms with Crippen LogP contribution in [0.15, 0.2) is 40.9 Å². The number of benzene rings is 2. The Balaban J connectivity index is 1.63. The second-order valence-electron chi connectivity index (χ2n) is 7.83. The van der Waals surface area contributed by atoms with Crippen LogP contribution in [0.4, 0.5) is 0 Å². The lowest BCUT2D eigenvalue weighted by Crippen LogP contribution is -2.19. The number of nitrogens with one attached hydrogen (secondary N) is 1. The molecule has 154 valence electrons. The monoisotopic (exact) mass is 402 g/mol. The van der Waals surface area contributed by atoms with Crippen molar-refractivity contribution in [2.24, 2.45) is 0 Å². The molecule has 1 atom stereocenters. The SMILES string of the molecule is CCCN[C@@H]1CCc2c(-c3noc(-c4ccc(OC(C)C)c(C#N)c4)n3)cccc21. The van der Waals surface area contributed by atoms with E-state index in [1.54, 1.807) is 12.1 Å². The predicted octanol–water partition coefficient (Wildman–Crippen LogP) is 5.05. The minimum absolute atomic E-state index is 0.00576. The first-order valence-electron chi connectivity index (χ1n) is 10.5. The van der Waals surface area contributed by atoms with Crippen molar-refractivity contribution < 1.29 is 9.26 Å². The largest absolute Gasteiger partial charge is 0.490 e. The summed E-state index contributed by atoms with van der Waals surface area (Å²) in [4.78, 5) is 4.63. The van der Waals surface area contributed by atoms with Crippen LogP contribution < -0.4 is 10.1 Å². The first-order chi connectivity index (χ1) is 14.6. The van der Waals surface area contributed by atoms with E-state index in [0.717, 1.165) is 31.4 Å². The lowest BCUT2D eigenvalue weighted by molar-refractivity contribution is 0.242. The maximum Gasteiger partial charge on any atom is 0.258 e. The fourth-order valence-corrected chi connectivity index (χ4v) is 3.95. The third-order valence-electron chi connectivity index (χ3n) is 5.29. The third-order valence-corrected chi connectivity index (χ3v) is 5.29. The van der Waals surface area contributed by atoms with Crippen molar-refractivity contribution in [2.75, 3.05) is 6.54 Å². The minimum atomic E-state index is -0.00576. The molecule has 0 saturated carbocycles. The highest BCUT2D eigenvalue weighted by atomic mass is 16.5. The number of hydrogen-bond acceptors (Lipinski definition) is 6. The molecule has 2 aromatic carbocycles. The Labute approximate surface area is 176 Å². The second-order valence-corrected chi connectivity index (χ2v) is 7.83. The van der Waals surface area contributed by atoms with Gasteiger partial charge in [-0.05, 0) is 69.0 Å². The van der Waals surface area contributed by atoms with Crippen LogP contribution in [0.1, 0.15) is 56.3 Å². The zero-order chi connectivity index (χ0) is 21.1. The van der Waals surface area contributed by atoms with Crippen LogP contribution in [-0.4, -0.2) is 22.8 Å². The van der Waals surface area contributed by atoms with Crippen molar-refractivity contribution in [3.8, 4) is 34.7 Å². The maximum absolute atomic E-state index is 9.48. The Morgan fingerprint density at radius 1 is 1.30 bits per heavy atom. The molecule has 3 aromatic rings. The predicted molar refractivity (Wildman–Crippen MR) is 115 cm³/mol. The summed E-state index contributed by atoms with van der Waals surface area (Å²) in [7, 11) is 0. The van der Waals surface area contributed by atoms with Gasteiger partial charge in [-0.15, -0.1) is 0 Å². The van der Waals surface area contributed by atoms with Crippen molar-refractivity contribution in [3.05, 3.63) is 53.1 Å². The highest BCUT2D eigenvalue weighted by Gasteiger charge is 2.26. The van der Waals surface area contributed by atoms with E-state index >= 15 is 0 Å². The van der Waals surface area contributed by atoms with Crippen LogP contribution in [0.5, 0.6) is 5.75 Å². The van der Waals surface area contributed by atoms with Crippen molar-refractivity contribution in [1.82, 2.24) is 15.5 Å². The normalized spacial score (nSPS) is 15.2. The number of ether oxygens (including phenoxy) is 1. The van der Waals surface area contributed by atoms with Crippen LogP contribution in [0.2, 0.25) is 0 Å². The first-order valence-corrected chi connectivity index (χ1v) is 10.5. The van der Waals surface area contributed by atoms with Crippen molar-refractivity contribution >= 4 is 0 Å². The average Bonchev–Trinajstić information content (AvgIpc) is 3.39. The molecule has 1 aromatic heterocycles. The number of nitrogens with zero attached hydrogens (tertiary/aromatic N) is 3. The van der Waals surface area contributed by atoms with Crippen molar-refractivity contribution in [3.63, 3.8) is 0 Å². The summed E-state index contributed by atoms with van der Waals surface area (Å²) in [5.74, 6) is 1.54. The Kier molecular flexibility index (Phi) is 5.82. The van der Waals surface area contributed by atoms with Gasteiger partial charge in [0.05, 0.1) is 11.7 Å². The standard InChI is InChI=1S/C24H26N4O2/c1-4-12-26-21-10-9-18-19(21)6-5-7-20(18)23-27-24(30-28-23)16-8-11-22(29-15(2)3)17(13-16)14-25/h5-8,11,13,15,21,26H,4,9-10,12H2,1-3H3/t21-/m1/s1. The smallest absolute Gasteiger partial charge is 0.258 e. The Hall–Kier alpha value is -3.17. The van der Waals surface area contributed by atoms with Gasteiger partial charge in [0.25, 0.3) is 5.89 Å². The summed E-state index contributed by atoms with van der Waals surface area (Å²) >= 11 is 0. The molecule has 30 heavy (non-hydrogen) atoms. The lowest BCUT2D eigenvalue weighted by atomic mass is 10.0. The lowest BCUT2D eigenvalue weighted by Gasteiger charge is -2.13. The number of fused-ring (bicyclic) bond motifs is 1. The highest BCUT2D eigenvalue weighted by Crippen LogP contribution is 2.37. The summed E-state index contributed by atoms with van der Waals surface area (Å²) in [5, 5.41) is 17.3. The minimum Gasteiger partial charge on any atom is -0.490 e. The Morgan fingerprint density at radius 3 is 2.93 bits per heavy atom. The summed E-state index contributed by atoms with van der Waals surface area (Å²) < 4.78 is 11.2. The first kappa shape index (κ1) is 20.1. The van der Waals surface area contributed by atoms with Gasteiger partial charge in [-0.3, -0.25) is 0 Å². The zero-order valence-electron chi connectivity index (χ0n) is 17.6. The summed E-state index contributed by atoms with van der Waals surface area (Å²) in [5.41, 5.74) is 4.79. The number of hydrogen-bond donors (Lipinski definition) is 1. The fourth-order valence-electron chi connectivity index (χ4n) is 3.95. The van der Waals surface area contributed by atoms with Gasteiger partial charge >= 0.3 is 0 Å². The molecule has 1 aliphatic rings. The summed E-state index contributed by atoms with van der Waals surface area (Å²) in [6.07, 6.45) is 3.19. The molecule has 0 unspecified atom stereocenters. The molecule has 0 radical (unpaired) electrons. The van der Waals surface area contributed by atoms with Crippen LogP contribution in [0.25, 0.3) is 22.8 Å². The molecule has 6 nitrogen and oxygen atoms in total. The van der Waals surface area contributed by atoms with Crippen LogP contribution in [0, 0.1) is 11.3 Å². The quantitative estimate of drug-likeness (QED) is 0.595. The topological polar surface area (TPSA) is 84.0 Å². The zero-order valence-corrected chi connectivity index (χ0v) is 17.6. The van der Waals surface area contributed by atoms with Gasteiger partial charge in [0.2, 0.25) is 5.82 Å². The number of rotatable bonds is 7.